The highest BCUT2D eigenvalue weighted by Gasteiger charge is 2.22. The molecular formula is C27H35NO. The van der Waals surface area contributed by atoms with Gasteiger partial charge in [0.05, 0.1) is 0 Å². The zero-order chi connectivity index (χ0) is 20.7. The number of benzene rings is 2. The molecule has 1 atom stereocenters. The van der Waals surface area contributed by atoms with Gasteiger partial charge in [-0.25, -0.2) is 0 Å². The van der Waals surface area contributed by atoms with Gasteiger partial charge in [0.1, 0.15) is 0 Å². The van der Waals surface area contributed by atoms with Gasteiger partial charge in [-0.1, -0.05) is 94.3 Å². The SMILES string of the molecule is CCCCC(C)(C)CCNC(=O)CC1Cc2ccccc2/C=C\c2ccccc21. The van der Waals surface area contributed by atoms with E-state index in [2.05, 4.69) is 86.8 Å². The second-order valence-corrected chi connectivity index (χ2v) is 9.13. The second kappa shape index (κ2) is 9.91. The second-order valence-electron chi connectivity index (χ2n) is 9.13. The summed E-state index contributed by atoms with van der Waals surface area (Å²) in [5, 5.41) is 3.20. The van der Waals surface area contributed by atoms with Crippen LogP contribution in [0.2, 0.25) is 0 Å². The van der Waals surface area contributed by atoms with E-state index in [0.717, 1.165) is 19.4 Å². The van der Waals surface area contributed by atoms with E-state index >= 15 is 0 Å². The molecule has 0 fully saturated rings. The fourth-order valence-electron chi connectivity index (χ4n) is 4.27. The largest absolute Gasteiger partial charge is 0.356 e. The van der Waals surface area contributed by atoms with Crippen molar-refractivity contribution in [1.82, 2.24) is 5.32 Å². The van der Waals surface area contributed by atoms with E-state index in [1.165, 1.54) is 41.5 Å². The number of hydrogen-bond acceptors (Lipinski definition) is 1. The first kappa shape index (κ1) is 21.4. The van der Waals surface area contributed by atoms with Crippen LogP contribution in [-0.2, 0) is 11.2 Å². The topological polar surface area (TPSA) is 29.1 Å². The Morgan fingerprint density at radius 2 is 1.69 bits per heavy atom. The molecule has 0 aromatic heterocycles. The first-order valence-electron chi connectivity index (χ1n) is 11.1. The van der Waals surface area contributed by atoms with Crippen molar-refractivity contribution < 1.29 is 4.79 Å². The smallest absolute Gasteiger partial charge is 0.220 e. The molecule has 0 heterocycles. The first-order valence-corrected chi connectivity index (χ1v) is 11.1. The molecule has 2 nitrogen and oxygen atoms in total. The molecule has 1 N–H and O–H groups in total. The van der Waals surface area contributed by atoms with Crippen molar-refractivity contribution in [2.24, 2.45) is 5.41 Å². The summed E-state index contributed by atoms with van der Waals surface area (Å²) in [6.07, 6.45) is 10.6. The van der Waals surface area contributed by atoms with Crippen LogP contribution in [0.25, 0.3) is 12.2 Å². The third kappa shape index (κ3) is 6.06. The normalized spacial score (nSPS) is 16.9. The van der Waals surface area contributed by atoms with Gasteiger partial charge in [-0.2, -0.15) is 0 Å². The van der Waals surface area contributed by atoms with Gasteiger partial charge in [0.25, 0.3) is 0 Å². The summed E-state index contributed by atoms with van der Waals surface area (Å²) in [6.45, 7) is 7.62. The molecule has 1 unspecified atom stereocenters. The molecule has 154 valence electrons. The molecule has 29 heavy (non-hydrogen) atoms. The zero-order valence-corrected chi connectivity index (χ0v) is 18.2. The van der Waals surface area contributed by atoms with E-state index in [4.69, 9.17) is 0 Å². The van der Waals surface area contributed by atoms with Gasteiger partial charge in [-0.15, -0.1) is 0 Å². The summed E-state index contributed by atoms with van der Waals surface area (Å²) in [7, 11) is 0. The molecule has 0 bridgehead atoms. The average molecular weight is 390 g/mol. The lowest BCUT2D eigenvalue weighted by Gasteiger charge is -2.25. The molecule has 0 saturated heterocycles. The van der Waals surface area contributed by atoms with Crippen LogP contribution in [0.3, 0.4) is 0 Å². The lowest BCUT2D eigenvalue weighted by atomic mass is 9.82. The summed E-state index contributed by atoms with van der Waals surface area (Å²) in [6, 6.07) is 17.0. The summed E-state index contributed by atoms with van der Waals surface area (Å²) in [5.74, 6) is 0.364. The molecule has 3 rings (SSSR count). The van der Waals surface area contributed by atoms with E-state index in [1.54, 1.807) is 0 Å². The number of carbonyl (C=O) groups is 1. The van der Waals surface area contributed by atoms with Gasteiger partial charge in [0.15, 0.2) is 0 Å². The van der Waals surface area contributed by atoms with E-state index in [1.807, 2.05) is 0 Å². The molecule has 1 aliphatic rings. The lowest BCUT2D eigenvalue weighted by Crippen LogP contribution is -2.29. The van der Waals surface area contributed by atoms with Crippen molar-refractivity contribution in [2.45, 2.75) is 65.2 Å². The highest BCUT2D eigenvalue weighted by molar-refractivity contribution is 5.79. The number of unbranched alkanes of at least 4 members (excludes halogenated alkanes) is 1. The third-order valence-corrected chi connectivity index (χ3v) is 6.16. The van der Waals surface area contributed by atoms with Crippen LogP contribution in [0.4, 0.5) is 0 Å². The standard InChI is InChI=1S/C27H35NO/c1-4-5-16-27(2,3)17-18-28-26(29)20-24-19-23-12-7-6-10-21(23)14-15-22-11-8-9-13-25(22)24/h6-15,24H,4-5,16-20H2,1-3H3,(H,28,29)/b15-14-. The Labute approximate surface area is 176 Å². The number of carbonyl (C=O) groups excluding carboxylic acids is 1. The van der Waals surface area contributed by atoms with E-state index < -0.39 is 0 Å². The quantitative estimate of drug-likeness (QED) is 0.541. The Bertz CT molecular complexity index is 849. The van der Waals surface area contributed by atoms with Gasteiger partial charge >= 0.3 is 0 Å². The fourth-order valence-corrected chi connectivity index (χ4v) is 4.27. The molecular weight excluding hydrogens is 354 g/mol. The van der Waals surface area contributed by atoms with E-state index in [9.17, 15) is 4.79 Å². The molecule has 2 aromatic rings. The monoisotopic (exact) mass is 389 g/mol. The van der Waals surface area contributed by atoms with Crippen molar-refractivity contribution >= 4 is 18.1 Å². The Hall–Kier alpha value is -2.35. The number of fused-ring (bicyclic) bond motifs is 2. The zero-order valence-electron chi connectivity index (χ0n) is 18.2. The van der Waals surface area contributed by atoms with Crippen LogP contribution in [0, 0.1) is 5.41 Å². The molecule has 0 aliphatic heterocycles. The number of rotatable bonds is 8. The van der Waals surface area contributed by atoms with Crippen LogP contribution in [0.15, 0.2) is 48.5 Å². The molecule has 1 aliphatic carbocycles. The summed E-state index contributed by atoms with van der Waals surface area (Å²) >= 11 is 0. The maximum atomic E-state index is 12.8. The van der Waals surface area contributed by atoms with E-state index in [-0.39, 0.29) is 11.8 Å². The van der Waals surface area contributed by atoms with Crippen molar-refractivity contribution in [3.63, 3.8) is 0 Å². The first-order chi connectivity index (χ1) is 14.0. The van der Waals surface area contributed by atoms with Crippen LogP contribution in [-0.4, -0.2) is 12.5 Å². The maximum Gasteiger partial charge on any atom is 0.220 e. The van der Waals surface area contributed by atoms with Crippen LogP contribution in [0.5, 0.6) is 0 Å². The summed E-state index contributed by atoms with van der Waals surface area (Å²) < 4.78 is 0. The minimum Gasteiger partial charge on any atom is -0.356 e. The molecule has 0 spiro atoms. The van der Waals surface area contributed by atoms with Crippen molar-refractivity contribution in [2.75, 3.05) is 6.54 Å². The highest BCUT2D eigenvalue weighted by Crippen LogP contribution is 2.32. The number of hydrogen-bond donors (Lipinski definition) is 1. The van der Waals surface area contributed by atoms with E-state index in [0.29, 0.717) is 11.8 Å². The van der Waals surface area contributed by atoms with Crippen molar-refractivity contribution in [3.8, 4) is 0 Å². The number of nitrogens with one attached hydrogen (secondary N) is 1. The van der Waals surface area contributed by atoms with Gasteiger partial charge in [0, 0.05) is 13.0 Å². The Morgan fingerprint density at radius 3 is 2.48 bits per heavy atom. The highest BCUT2D eigenvalue weighted by atomic mass is 16.1. The minimum absolute atomic E-state index is 0.165. The maximum absolute atomic E-state index is 12.8. The molecule has 0 saturated carbocycles. The molecule has 2 heteroatoms. The van der Waals surface area contributed by atoms with Crippen molar-refractivity contribution in [1.29, 1.82) is 0 Å². The Morgan fingerprint density at radius 1 is 1.00 bits per heavy atom. The van der Waals surface area contributed by atoms with Gasteiger partial charge in [0.2, 0.25) is 5.91 Å². The van der Waals surface area contributed by atoms with Gasteiger partial charge in [-0.05, 0) is 52.8 Å². The van der Waals surface area contributed by atoms with Crippen LogP contribution >= 0.6 is 0 Å². The van der Waals surface area contributed by atoms with Crippen LogP contribution in [0.1, 0.15) is 81.0 Å². The molecule has 2 aromatic carbocycles. The number of amides is 1. The lowest BCUT2D eigenvalue weighted by molar-refractivity contribution is -0.121. The predicted molar refractivity (Wildman–Crippen MR) is 124 cm³/mol. The predicted octanol–water partition coefficient (Wildman–Crippen LogP) is 6.61. The van der Waals surface area contributed by atoms with Gasteiger partial charge in [-0.3, -0.25) is 4.79 Å². The summed E-state index contributed by atoms with van der Waals surface area (Å²) in [5.41, 5.74) is 5.36. The van der Waals surface area contributed by atoms with Crippen molar-refractivity contribution in [3.05, 3.63) is 70.8 Å². The minimum atomic E-state index is 0.165. The Balaban J connectivity index is 1.68. The average Bonchev–Trinajstić information content (AvgIpc) is 2.70. The third-order valence-electron chi connectivity index (χ3n) is 6.16. The van der Waals surface area contributed by atoms with Gasteiger partial charge < -0.3 is 5.32 Å². The van der Waals surface area contributed by atoms with Crippen LogP contribution < -0.4 is 5.32 Å². The Kier molecular flexibility index (Phi) is 7.30. The molecule has 1 amide bonds. The fraction of sp³-hybridized carbons (Fsp3) is 0.444. The molecule has 0 radical (unpaired) electrons. The summed E-state index contributed by atoms with van der Waals surface area (Å²) in [4.78, 5) is 12.8.